The highest BCUT2D eigenvalue weighted by Crippen LogP contribution is 2.40. The highest BCUT2D eigenvalue weighted by molar-refractivity contribution is 5.85. The number of alkyl halides is 3. The number of aromatic nitrogens is 1. The van der Waals surface area contributed by atoms with Gasteiger partial charge in [-0.15, -0.1) is 12.4 Å². The summed E-state index contributed by atoms with van der Waals surface area (Å²) < 4.78 is 38.2. The summed E-state index contributed by atoms with van der Waals surface area (Å²) in [6, 6.07) is 2.84. The molecule has 22 heavy (non-hydrogen) atoms. The van der Waals surface area contributed by atoms with Crippen molar-refractivity contribution >= 4 is 18.1 Å². The minimum atomic E-state index is -4.37. The van der Waals surface area contributed by atoms with Crippen LogP contribution in [0, 0.1) is 5.41 Å². The smallest absolute Gasteiger partial charge is 0.371 e. The van der Waals surface area contributed by atoms with Crippen LogP contribution in [0.5, 0.6) is 0 Å². The van der Waals surface area contributed by atoms with Crippen molar-refractivity contribution in [1.29, 1.82) is 0 Å². The molecule has 3 heterocycles. The van der Waals surface area contributed by atoms with Gasteiger partial charge in [0, 0.05) is 25.0 Å². The van der Waals surface area contributed by atoms with Gasteiger partial charge in [-0.1, -0.05) is 0 Å². The lowest BCUT2D eigenvalue weighted by atomic mass is 9.71. The van der Waals surface area contributed by atoms with Crippen molar-refractivity contribution in [1.82, 2.24) is 10.3 Å². The van der Waals surface area contributed by atoms with Gasteiger partial charge in [0.05, 0.1) is 0 Å². The first-order valence-electron chi connectivity index (χ1n) is 7.48. The third-order valence-electron chi connectivity index (χ3n) is 4.89. The topological polar surface area (TPSA) is 28.2 Å². The first-order chi connectivity index (χ1) is 9.99. The molecule has 124 valence electrons. The largest absolute Gasteiger partial charge is 0.433 e. The lowest BCUT2D eigenvalue weighted by Crippen LogP contribution is -2.45. The van der Waals surface area contributed by atoms with Gasteiger partial charge < -0.3 is 10.2 Å². The van der Waals surface area contributed by atoms with Gasteiger partial charge in [-0.2, -0.15) is 13.2 Å². The van der Waals surface area contributed by atoms with E-state index in [9.17, 15) is 13.2 Å². The molecular weight excluding hydrogens is 315 g/mol. The second kappa shape index (κ2) is 6.62. The number of piperidine rings is 2. The lowest BCUT2D eigenvalue weighted by Gasteiger charge is -2.45. The molecule has 2 saturated heterocycles. The van der Waals surface area contributed by atoms with E-state index in [1.54, 1.807) is 6.07 Å². The average molecular weight is 336 g/mol. The van der Waals surface area contributed by atoms with Crippen molar-refractivity contribution in [3.05, 3.63) is 24.0 Å². The van der Waals surface area contributed by atoms with E-state index in [1.165, 1.54) is 25.1 Å². The summed E-state index contributed by atoms with van der Waals surface area (Å²) >= 11 is 0. The van der Waals surface area contributed by atoms with Crippen LogP contribution in [0.1, 0.15) is 31.4 Å². The van der Waals surface area contributed by atoms with Crippen LogP contribution >= 0.6 is 12.4 Å². The zero-order chi connectivity index (χ0) is 14.9. The van der Waals surface area contributed by atoms with Gasteiger partial charge >= 0.3 is 6.18 Å². The number of nitrogens with one attached hydrogen (secondary N) is 1. The standard InChI is InChI=1S/C15H20F3N3.ClH/c16-15(17,18)13-11-12(1-6-20-13)21-9-4-14(5-10-21)2-7-19-8-3-14;/h1,6,11,19H,2-5,7-10H2;1H. The molecule has 1 spiro atoms. The third-order valence-corrected chi connectivity index (χ3v) is 4.89. The molecule has 0 radical (unpaired) electrons. The number of hydrogen-bond acceptors (Lipinski definition) is 3. The molecule has 0 bridgehead atoms. The molecule has 2 aliphatic rings. The monoisotopic (exact) mass is 335 g/mol. The lowest BCUT2D eigenvalue weighted by molar-refractivity contribution is -0.141. The van der Waals surface area contributed by atoms with Crippen LogP contribution in [0.3, 0.4) is 0 Å². The fraction of sp³-hybridized carbons (Fsp3) is 0.667. The normalized spacial score (nSPS) is 21.5. The van der Waals surface area contributed by atoms with Crippen LogP contribution in [-0.4, -0.2) is 31.2 Å². The summed E-state index contributed by atoms with van der Waals surface area (Å²) in [6.45, 7) is 3.80. The van der Waals surface area contributed by atoms with E-state index >= 15 is 0 Å². The van der Waals surface area contributed by atoms with Crippen LogP contribution < -0.4 is 10.2 Å². The second-order valence-corrected chi connectivity index (χ2v) is 6.13. The summed E-state index contributed by atoms with van der Waals surface area (Å²) in [5.41, 5.74) is 0.241. The molecule has 3 rings (SSSR count). The maximum Gasteiger partial charge on any atom is 0.433 e. The van der Waals surface area contributed by atoms with Gasteiger partial charge in [-0.3, -0.25) is 4.98 Å². The summed E-state index contributed by atoms with van der Waals surface area (Å²) in [6.07, 6.45) is 1.39. The quantitative estimate of drug-likeness (QED) is 0.851. The number of nitrogens with zero attached hydrogens (tertiary/aromatic N) is 2. The molecule has 0 atom stereocenters. The third kappa shape index (κ3) is 3.66. The molecule has 7 heteroatoms. The Bertz CT molecular complexity index is 491. The molecule has 0 aromatic carbocycles. The van der Waals surface area contributed by atoms with E-state index in [2.05, 4.69) is 15.2 Å². The van der Waals surface area contributed by atoms with Crippen LogP contribution in [-0.2, 0) is 6.18 Å². The number of rotatable bonds is 1. The molecule has 2 fully saturated rings. The van der Waals surface area contributed by atoms with Crippen LogP contribution in [0.25, 0.3) is 0 Å². The average Bonchev–Trinajstić information content (AvgIpc) is 2.48. The van der Waals surface area contributed by atoms with E-state index in [0.29, 0.717) is 11.1 Å². The van der Waals surface area contributed by atoms with E-state index in [0.717, 1.165) is 39.0 Å². The van der Waals surface area contributed by atoms with Crippen molar-refractivity contribution in [2.75, 3.05) is 31.1 Å². The summed E-state index contributed by atoms with van der Waals surface area (Å²) in [5, 5.41) is 3.38. The van der Waals surface area contributed by atoms with Crippen molar-refractivity contribution in [3.63, 3.8) is 0 Å². The fourth-order valence-corrected chi connectivity index (χ4v) is 3.47. The molecular formula is C15H21ClF3N3. The maximum absolute atomic E-state index is 12.7. The molecule has 1 aromatic rings. The van der Waals surface area contributed by atoms with Gasteiger partial charge in [0.15, 0.2) is 0 Å². The van der Waals surface area contributed by atoms with E-state index < -0.39 is 11.9 Å². The molecule has 0 aliphatic carbocycles. The minimum absolute atomic E-state index is 0. The minimum Gasteiger partial charge on any atom is -0.371 e. The van der Waals surface area contributed by atoms with Crippen molar-refractivity contribution in [2.24, 2.45) is 5.41 Å². The summed E-state index contributed by atoms with van der Waals surface area (Å²) in [5.74, 6) is 0. The highest BCUT2D eigenvalue weighted by Gasteiger charge is 2.36. The Hall–Kier alpha value is -1.01. The van der Waals surface area contributed by atoms with Crippen molar-refractivity contribution in [2.45, 2.75) is 31.9 Å². The predicted molar refractivity (Wildman–Crippen MR) is 82.5 cm³/mol. The first kappa shape index (κ1) is 17.3. The summed E-state index contributed by atoms with van der Waals surface area (Å²) in [7, 11) is 0. The molecule has 0 saturated carbocycles. The first-order valence-corrected chi connectivity index (χ1v) is 7.48. The van der Waals surface area contributed by atoms with E-state index in [1.807, 2.05) is 0 Å². The number of halogens is 4. The Morgan fingerprint density at radius 1 is 1.09 bits per heavy atom. The zero-order valence-corrected chi connectivity index (χ0v) is 13.1. The highest BCUT2D eigenvalue weighted by atomic mass is 35.5. The van der Waals surface area contributed by atoms with Gasteiger partial charge in [0.2, 0.25) is 0 Å². The maximum atomic E-state index is 12.7. The van der Waals surface area contributed by atoms with Crippen LogP contribution in [0.2, 0.25) is 0 Å². The van der Waals surface area contributed by atoms with Gasteiger partial charge in [-0.25, -0.2) is 0 Å². The Kier molecular flexibility index (Phi) is 5.22. The Morgan fingerprint density at radius 3 is 2.32 bits per heavy atom. The van der Waals surface area contributed by atoms with Crippen LogP contribution in [0.4, 0.5) is 18.9 Å². The van der Waals surface area contributed by atoms with Gasteiger partial charge in [0.25, 0.3) is 0 Å². The SMILES string of the molecule is Cl.FC(F)(F)c1cc(N2CCC3(CCNCC3)CC2)ccn1. The number of pyridine rings is 1. The van der Waals surface area contributed by atoms with E-state index in [4.69, 9.17) is 0 Å². The van der Waals surface area contributed by atoms with Crippen molar-refractivity contribution in [3.8, 4) is 0 Å². The molecule has 2 aliphatic heterocycles. The molecule has 3 nitrogen and oxygen atoms in total. The second-order valence-electron chi connectivity index (χ2n) is 6.13. The number of hydrogen-bond donors (Lipinski definition) is 1. The summed E-state index contributed by atoms with van der Waals surface area (Å²) in [4.78, 5) is 5.49. The molecule has 0 amide bonds. The molecule has 0 unspecified atom stereocenters. The van der Waals surface area contributed by atoms with Crippen molar-refractivity contribution < 1.29 is 13.2 Å². The van der Waals surface area contributed by atoms with Gasteiger partial charge in [-0.05, 0) is 56.3 Å². The molecule has 1 aromatic heterocycles. The van der Waals surface area contributed by atoms with Gasteiger partial charge in [0.1, 0.15) is 5.69 Å². The Morgan fingerprint density at radius 2 is 1.73 bits per heavy atom. The molecule has 1 N–H and O–H groups in total. The fourth-order valence-electron chi connectivity index (χ4n) is 3.47. The Balaban J connectivity index is 0.00000176. The van der Waals surface area contributed by atoms with Crippen LogP contribution in [0.15, 0.2) is 18.3 Å². The van der Waals surface area contributed by atoms with E-state index in [-0.39, 0.29) is 12.4 Å². The zero-order valence-electron chi connectivity index (χ0n) is 12.3. The Labute approximate surface area is 134 Å². The predicted octanol–water partition coefficient (Wildman–Crippen LogP) is 3.49. The number of anilines is 1.